The Morgan fingerprint density at radius 3 is 2.08 bits per heavy atom. The van der Waals surface area contributed by atoms with E-state index in [1.54, 1.807) is 12.1 Å². The molecule has 0 spiro atoms. The molecule has 0 saturated carbocycles. The van der Waals surface area contributed by atoms with Crippen LogP contribution in [0.5, 0.6) is 0 Å². The zero-order valence-electron chi connectivity index (χ0n) is 6.49. The molecule has 0 bridgehead atoms. The van der Waals surface area contributed by atoms with Crippen LogP contribution in [0.1, 0.15) is 0 Å². The van der Waals surface area contributed by atoms with Gasteiger partial charge in [0.15, 0.2) is 0 Å². The number of rotatable bonds is 1. The largest absolute Gasteiger partial charge is 0.692 e. The van der Waals surface area contributed by atoms with Crippen molar-refractivity contribution < 1.29 is 19.1 Å². The SMILES string of the molecule is O=C=Nc1ccccc1.O=[P+](O)O. The average molecular weight is 200 g/mol. The summed E-state index contributed by atoms with van der Waals surface area (Å²) in [4.78, 5) is 27.3. The summed E-state index contributed by atoms with van der Waals surface area (Å²) < 4.78 is 8.70. The molecule has 13 heavy (non-hydrogen) atoms. The lowest BCUT2D eigenvalue weighted by molar-refractivity contribution is 0.405. The Kier molecular flexibility index (Phi) is 6.51. The van der Waals surface area contributed by atoms with Crippen LogP contribution in [0.2, 0.25) is 0 Å². The number of carbonyl (C=O) groups excluding carboxylic acids is 1. The summed E-state index contributed by atoms with van der Waals surface area (Å²) in [5, 5.41) is 0. The molecule has 0 aliphatic carbocycles. The average Bonchev–Trinajstić information content (AvgIpc) is 2.06. The van der Waals surface area contributed by atoms with E-state index in [9.17, 15) is 4.79 Å². The van der Waals surface area contributed by atoms with Crippen molar-refractivity contribution >= 4 is 20.0 Å². The Bertz CT molecular complexity index is 304. The van der Waals surface area contributed by atoms with E-state index < -0.39 is 8.25 Å². The maximum Gasteiger partial charge on any atom is 0.692 e. The van der Waals surface area contributed by atoms with Gasteiger partial charge in [-0.15, -0.1) is 9.79 Å². The molecule has 0 amide bonds. The predicted octanol–water partition coefficient (Wildman–Crippen LogP) is 1.28. The van der Waals surface area contributed by atoms with Crippen LogP contribution in [0.15, 0.2) is 35.3 Å². The molecular formula is C7H7NO4P+. The summed E-state index contributed by atoms with van der Waals surface area (Å²) in [6, 6.07) is 8.98. The van der Waals surface area contributed by atoms with Gasteiger partial charge >= 0.3 is 8.25 Å². The number of hydrogen-bond donors (Lipinski definition) is 2. The van der Waals surface area contributed by atoms with Crippen molar-refractivity contribution in [2.24, 2.45) is 4.99 Å². The van der Waals surface area contributed by atoms with Crippen molar-refractivity contribution in [1.29, 1.82) is 0 Å². The Morgan fingerprint density at radius 2 is 1.69 bits per heavy atom. The molecule has 5 nitrogen and oxygen atoms in total. The van der Waals surface area contributed by atoms with Crippen molar-refractivity contribution in [3.63, 3.8) is 0 Å². The third-order valence-electron chi connectivity index (χ3n) is 0.931. The first kappa shape index (κ1) is 11.6. The van der Waals surface area contributed by atoms with Gasteiger partial charge in [-0.25, -0.2) is 4.79 Å². The molecule has 0 aliphatic heterocycles. The van der Waals surface area contributed by atoms with Crippen LogP contribution in [0.25, 0.3) is 0 Å². The third-order valence-corrected chi connectivity index (χ3v) is 0.931. The molecule has 0 saturated heterocycles. The number of aliphatic imine (C=N–C) groups is 1. The molecule has 2 N–H and O–H groups in total. The van der Waals surface area contributed by atoms with Crippen LogP contribution in [0, 0.1) is 0 Å². The van der Waals surface area contributed by atoms with Gasteiger partial charge in [-0.3, -0.25) is 0 Å². The molecule has 0 heterocycles. The summed E-state index contributed by atoms with van der Waals surface area (Å²) >= 11 is 0. The topological polar surface area (TPSA) is 87.0 Å². The summed E-state index contributed by atoms with van der Waals surface area (Å²) in [7, 11) is -2.87. The summed E-state index contributed by atoms with van der Waals surface area (Å²) in [6.07, 6.45) is 1.46. The van der Waals surface area contributed by atoms with E-state index in [0.717, 1.165) is 0 Å². The van der Waals surface area contributed by atoms with E-state index in [1.165, 1.54) is 6.08 Å². The minimum atomic E-state index is -2.87. The van der Waals surface area contributed by atoms with Crippen LogP contribution in [-0.4, -0.2) is 15.9 Å². The molecule has 1 aromatic rings. The molecule has 0 unspecified atom stereocenters. The number of hydrogen-bond acceptors (Lipinski definition) is 3. The van der Waals surface area contributed by atoms with E-state index in [4.69, 9.17) is 14.4 Å². The van der Waals surface area contributed by atoms with Crippen molar-refractivity contribution in [3.8, 4) is 0 Å². The number of para-hydroxylation sites is 1. The number of nitrogens with zero attached hydrogens (tertiary/aromatic N) is 1. The zero-order chi connectivity index (χ0) is 10.1. The molecule has 0 radical (unpaired) electrons. The van der Waals surface area contributed by atoms with Gasteiger partial charge in [0, 0.05) is 4.57 Å². The minimum absolute atomic E-state index is 0.646. The fourth-order valence-electron chi connectivity index (χ4n) is 0.555. The minimum Gasteiger partial charge on any atom is -0.211 e. The molecule has 0 aromatic heterocycles. The Hall–Kier alpha value is -1.38. The monoisotopic (exact) mass is 200 g/mol. The highest BCUT2D eigenvalue weighted by molar-refractivity contribution is 7.30. The highest BCUT2D eigenvalue weighted by atomic mass is 31.1. The lowest BCUT2D eigenvalue weighted by atomic mass is 10.3. The fourth-order valence-corrected chi connectivity index (χ4v) is 0.555. The van der Waals surface area contributed by atoms with Gasteiger partial charge in [-0.1, -0.05) is 18.2 Å². The summed E-state index contributed by atoms with van der Waals surface area (Å²) in [6.45, 7) is 0. The molecule has 68 valence electrons. The van der Waals surface area contributed by atoms with Crippen molar-refractivity contribution in [1.82, 2.24) is 0 Å². The van der Waals surface area contributed by atoms with Gasteiger partial charge in [-0.05, 0) is 12.1 Å². The third kappa shape index (κ3) is 8.53. The second-order valence-electron chi connectivity index (χ2n) is 1.79. The van der Waals surface area contributed by atoms with Gasteiger partial charge < -0.3 is 0 Å². The lowest BCUT2D eigenvalue weighted by Gasteiger charge is -1.83. The van der Waals surface area contributed by atoms with Crippen LogP contribution in [0.3, 0.4) is 0 Å². The first-order valence-corrected chi connectivity index (χ1v) is 4.31. The standard InChI is InChI=1S/C7H5NO.HO3P/c9-6-8-7-4-2-1-3-5-7;1-4(2)3/h1-5H;(H-,1,2,3)/p+1. The molecule has 1 aromatic carbocycles. The van der Waals surface area contributed by atoms with E-state index in [0.29, 0.717) is 5.69 Å². The van der Waals surface area contributed by atoms with Crippen molar-refractivity contribution in [3.05, 3.63) is 30.3 Å². The Balaban J connectivity index is 0.000000310. The van der Waals surface area contributed by atoms with Crippen LogP contribution in [0.4, 0.5) is 5.69 Å². The van der Waals surface area contributed by atoms with Crippen molar-refractivity contribution in [2.45, 2.75) is 0 Å². The molecule has 0 aliphatic rings. The van der Waals surface area contributed by atoms with Gasteiger partial charge in [-0.2, -0.15) is 4.99 Å². The van der Waals surface area contributed by atoms with Gasteiger partial charge in [0.25, 0.3) is 0 Å². The summed E-state index contributed by atoms with van der Waals surface area (Å²) in [5.74, 6) is 0. The maximum atomic E-state index is 9.68. The van der Waals surface area contributed by atoms with Crippen LogP contribution >= 0.6 is 8.25 Å². The lowest BCUT2D eigenvalue weighted by Crippen LogP contribution is -1.59. The Morgan fingerprint density at radius 1 is 1.23 bits per heavy atom. The Labute approximate surface area is 75.3 Å². The fraction of sp³-hybridized carbons (Fsp3) is 0. The smallest absolute Gasteiger partial charge is 0.211 e. The first-order chi connectivity index (χ1) is 6.16. The van der Waals surface area contributed by atoms with E-state index in [-0.39, 0.29) is 0 Å². The molecule has 0 fully saturated rings. The molecule has 0 atom stereocenters. The van der Waals surface area contributed by atoms with Gasteiger partial charge in [0.05, 0.1) is 5.69 Å². The predicted molar refractivity (Wildman–Crippen MR) is 46.3 cm³/mol. The highest BCUT2D eigenvalue weighted by Crippen LogP contribution is 2.06. The summed E-state index contributed by atoms with van der Waals surface area (Å²) in [5.41, 5.74) is 0.646. The first-order valence-electron chi connectivity index (χ1n) is 3.14. The molecule has 6 heteroatoms. The van der Waals surface area contributed by atoms with E-state index in [1.807, 2.05) is 18.2 Å². The van der Waals surface area contributed by atoms with Crippen molar-refractivity contribution in [2.75, 3.05) is 0 Å². The van der Waals surface area contributed by atoms with Gasteiger partial charge in [0.2, 0.25) is 6.08 Å². The van der Waals surface area contributed by atoms with E-state index in [2.05, 4.69) is 4.99 Å². The molecule has 1 rings (SSSR count). The van der Waals surface area contributed by atoms with Gasteiger partial charge in [0.1, 0.15) is 0 Å². The second-order valence-corrected chi connectivity index (χ2v) is 2.30. The quantitative estimate of drug-likeness (QED) is 0.406. The van der Waals surface area contributed by atoms with E-state index >= 15 is 0 Å². The highest BCUT2D eigenvalue weighted by Gasteiger charge is 1.93. The number of benzene rings is 1. The van der Waals surface area contributed by atoms with Crippen LogP contribution in [-0.2, 0) is 9.36 Å². The maximum absolute atomic E-state index is 9.68. The molecular weight excluding hydrogens is 193 g/mol. The normalized spacial score (nSPS) is 7.54. The number of isocyanates is 1. The zero-order valence-corrected chi connectivity index (χ0v) is 7.39. The second kappa shape index (κ2) is 7.28. The van der Waals surface area contributed by atoms with Crippen LogP contribution < -0.4 is 0 Å².